The third kappa shape index (κ3) is 3.34. The van der Waals surface area contributed by atoms with Gasteiger partial charge in [0.1, 0.15) is 23.5 Å². The van der Waals surface area contributed by atoms with Crippen LogP contribution in [0.4, 0.5) is 0 Å². The maximum Gasteiger partial charge on any atom is 0.257 e. The summed E-state index contributed by atoms with van der Waals surface area (Å²) in [5, 5.41) is 1.02. The van der Waals surface area contributed by atoms with Crippen molar-refractivity contribution in [2.45, 2.75) is 6.61 Å². The highest BCUT2D eigenvalue weighted by atomic mass is 16.5. The van der Waals surface area contributed by atoms with Gasteiger partial charge in [-0.1, -0.05) is 18.2 Å². The van der Waals surface area contributed by atoms with Crippen LogP contribution in [-0.2, 0) is 13.7 Å². The van der Waals surface area contributed by atoms with E-state index in [0.29, 0.717) is 18.2 Å². The Morgan fingerprint density at radius 1 is 1.03 bits per heavy atom. The minimum atomic E-state index is 0.452. The Morgan fingerprint density at radius 3 is 2.65 bits per heavy atom. The molecule has 0 aliphatic carbocycles. The number of hydrogen-bond acceptors (Lipinski definition) is 5. The molecule has 0 unspecified atom stereocenters. The molecule has 0 fully saturated rings. The zero-order chi connectivity index (χ0) is 21.4. The summed E-state index contributed by atoms with van der Waals surface area (Å²) in [5.41, 5.74) is 5.54. The number of H-pyrrole nitrogens is 1. The number of methoxy groups -OCH3 is 2. The van der Waals surface area contributed by atoms with Crippen LogP contribution in [0.1, 0.15) is 5.56 Å². The van der Waals surface area contributed by atoms with Gasteiger partial charge >= 0.3 is 0 Å². The van der Waals surface area contributed by atoms with Crippen LogP contribution in [-0.4, -0.2) is 33.7 Å². The summed E-state index contributed by atoms with van der Waals surface area (Å²) in [7, 11) is 5.18. The number of nitrogens with one attached hydrogen (secondary N) is 1. The number of fused-ring (bicyclic) bond motifs is 2. The quantitative estimate of drug-likeness (QED) is 0.435. The Morgan fingerprint density at radius 2 is 1.87 bits per heavy atom. The molecule has 0 atom stereocenters. The largest absolute Gasteiger partial charge is 0.491 e. The fourth-order valence-electron chi connectivity index (χ4n) is 3.78. The van der Waals surface area contributed by atoms with E-state index in [-0.39, 0.29) is 0 Å². The highest BCUT2D eigenvalue weighted by Crippen LogP contribution is 2.36. The first-order valence-corrected chi connectivity index (χ1v) is 9.91. The van der Waals surface area contributed by atoms with Gasteiger partial charge in [0, 0.05) is 42.0 Å². The number of nitrogens with zero attached hydrogens (tertiary/aromatic N) is 3. The third-order valence-electron chi connectivity index (χ3n) is 5.36. The predicted molar refractivity (Wildman–Crippen MR) is 120 cm³/mol. The molecule has 1 aromatic carbocycles. The molecule has 0 amide bonds. The number of rotatable bonds is 6. The summed E-state index contributed by atoms with van der Waals surface area (Å²) < 4.78 is 18.8. The summed E-state index contributed by atoms with van der Waals surface area (Å²) in [4.78, 5) is 12.6. The molecule has 0 aliphatic rings. The predicted octanol–water partition coefficient (Wildman–Crippen LogP) is 4.71. The molecule has 0 saturated carbocycles. The monoisotopic (exact) mass is 414 g/mol. The van der Waals surface area contributed by atoms with Crippen LogP contribution in [0.15, 0.2) is 60.9 Å². The van der Waals surface area contributed by atoms with Crippen molar-refractivity contribution in [1.82, 2.24) is 19.5 Å². The van der Waals surface area contributed by atoms with Crippen molar-refractivity contribution < 1.29 is 14.2 Å². The molecule has 156 valence electrons. The zero-order valence-corrected chi connectivity index (χ0v) is 17.5. The van der Waals surface area contributed by atoms with Gasteiger partial charge in [-0.25, -0.2) is 9.97 Å². The molecule has 4 aromatic heterocycles. The van der Waals surface area contributed by atoms with Gasteiger partial charge in [0.25, 0.3) is 5.88 Å². The molecule has 5 aromatic rings. The second-order valence-corrected chi connectivity index (χ2v) is 7.24. The van der Waals surface area contributed by atoms with Crippen molar-refractivity contribution >= 4 is 22.1 Å². The minimum absolute atomic E-state index is 0.452. The van der Waals surface area contributed by atoms with Gasteiger partial charge in [-0.3, -0.25) is 0 Å². The lowest BCUT2D eigenvalue weighted by Crippen LogP contribution is -1.96. The standard InChI is InChI=1S/C24H22N4O3/c1-28-13-18(22-20(28)12-21(29-2)24(27-22)30-3)19-11-17-15(9-10-25-23(17)26-19)14-31-16-7-5-4-6-8-16/h4-13H,14H2,1-3H3,(H,25,26). The van der Waals surface area contributed by atoms with E-state index >= 15 is 0 Å². The van der Waals surface area contributed by atoms with Gasteiger partial charge < -0.3 is 23.8 Å². The average molecular weight is 414 g/mol. The Kier molecular flexibility index (Phi) is 4.71. The summed E-state index contributed by atoms with van der Waals surface area (Å²) in [5.74, 6) is 1.89. The van der Waals surface area contributed by atoms with Gasteiger partial charge in [-0.2, -0.15) is 0 Å². The molecular weight excluding hydrogens is 392 g/mol. The van der Waals surface area contributed by atoms with E-state index in [4.69, 9.17) is 19.2 Å². The van der Waals surface area contributed by atoms with Crippen LogP contribution in [0.2, 0.25) is 0 Å². The van der Waals surface area contributed by atoms with Gasteiger partial charge in [0.15, 0.2) is 5.75 Å². The smallest absolute Gasteiger partial charge is 0.257 e. The van der Waals surface area contributed by atoms with Gasteiger partial charge in [-0.15, -0.1) is 0 Å². The summed E-state index contributed by atoms with van der Waals surface area (Å²) in [6, 6.07) is 15.8. The van der Waals surface area contributed by atoms with Crippen LogP contribution in [0.25, 0.3) is 33.3 Å². The maximum atomic E-state index is 5.96. The van der Waals surface area contributed by atoms with E-state index in [2.05, 4.69) is 16.0 Å². The van der Waals surface area contributed by atoms with E-state index in [1.807, 2.05) is 60.3 Å². The molecule has 0 saturated heterocycles. The zero-order valence-electron chi connectivity index (χ0n) is 17.5. The molecule has 31 heavy (non-hydrogen) atoms. The van der Waals surface area contributed by atoms with Gasteiger partial charge in [0.2, 0.25) is 0 Å². The number of pyridine rings is 2. The Bertz CT molecular complexity index is 1370. The van der Waals surface area contributed by atoms with E-state index in [0.717, 1.165) is 44.6 Å². The third-order valence-corrected chi connectivity index (χ3v) is 5.36. The molecule has 0 radical (unpaired) electrons. The molecule has 1 N–H and O–H groups in total. The fraction of sp³-hybridized carbons (Fsp3) is 0.167. The highest BCUT2D eigenvalue weighted by molar-refractivity contribution is 5.96. The number of hydrogen-bond donors (Lipinski definition) is 1. The molecule has 0 bridgehead atoms. The molecule has 4 heterocycles. The van der Waals surface area contributed by atoms with Gasteiger partial charge in [0.05, 0.1) is 25.4 Å². The van der Waals surface area contributed by atoms with Gasteiger partial charge in [-0.05, 0) is 24.3 Å². The maximum absolute atomic E-state index is 5.96. The van der Waals surface area contributed by atoms with E-state index in [9.17, 15) is 0 Å². The highest BCUT2D eigenvalue weighted by Gasteiger charge is 2.18. The van der Waals surface area contributed by atoms with Crippen LogP contribution in [0.3, 0.4) is 0 Å². The second kappa shape index (κ2) is 7.68. The first-order chi connectivity index (χ1) is 15.2. The number of aromatic nitrogens is 4. The number of aryl methyl sites for hydroxylation is 1. The Labute approximate surface area is 179 Å². The first kappa shape index (κ1) is 19.0. The van der Waals surface area contributed by atoms with Crippen molar-refractivity contribution in [1.29, 1.82) is 0 Å². The van der Waals surface area contributed by atoms with E-state index in [1.165, 1.54) is 0 Å². The normalized spacial score (nSPS) is 11.2. The molecule has 0 spiro atoms. The van der Waals surface area contributed by atoms with Crippen LogP contribution in [0.5, 0.6) is 17.4 Å². The average Bonchev–Trinajstić information content (AvgIpc) is 3.38. The molecule has 5 rings (SSSR count). The first-order valence-electron chi connectivity index (χ1n) is 9.91. The number of para-hydroxylation sites is 1. The number of aromatic amines is 1. The molecular formula is C24H22N4O3. The summed E-state index contributed by atoms with van der Waals surface area (Å²) in [6.45, 7) is 0.457. The molecule has 0 aliphatic heterocycles. The Hall–Kier alpha value is -4.00. The van der Waals surface area contributed by atoms with Crippen molar-refractivity contribution in [2.24, 2.45) is 7.05 Å². The topological polar surface area (TPSA) is 74.2 Å². The van der Waals surface area contributed by atoms with Crippen LogP contribution in [0, 0.1) is 0 Å². The van der Waals surface area contributed by atoms with Crippen molar-refractivity contribution in [2.75, 3.05) is 14.2 Å². The fourth-order valence-corrected chi connectivity index (χ4v) is 3.78. The van der Waals surface area contributed by atoms with E-state index in [1.54, 1.807) is 20.4 Å². The number of ether oxygens (including phenoxy) is 3. The van der Waals surface area contributed by atoms with Crippen LogP contribution < -0.4 is 14.2 Å². The second-order valence-electron chi connectivity index (χ2n) is 7.24. The van der Waals surface area contributed by atoms with Crippen molar-refractivity contribution in [3.05, 3.63) is 66.5 Å². The lowest BCUT2D eigenvalue weighted by molar-refractivity contribution is 0.307. The number of benzene rings is 1. The minimum Gasteiger partial charge on any atom is -0.491 e. The lowest BCUT2D eigenvalue weighted by atomic mass is 10.1. The molecule has 7 nitrogen and oxygen atoms in total. The molecule has 7 heteroatoms. The van der Waals surface area contributed by atoms with Crippen LogP contribution >= 0.6 is 0 Å². The summed E-state index contributed by atoms with van der Waals surface area (Å²) >= 11 is 0. The van der Waals surface area contributed by atoms with Crippen molar-refractivity contribution in [3.8, 4) is 28.6 Å². The lowest BCUT2D eigenvalue weighted by Gasteiger charge is -2.07. The van der Waals surface area contributed by atoms with E-state index < -0.39 is 0 Å². The SMILES string of the molecule is COc1cc2c(nc1OC)c(-c1cc3c(COc4ccccc4)ccnc3[nH]1)cn2C. The van der Waals surface area contributed by atoms with Crippen molar-refractivity contribution in [3.63, 3.8) is 0 Å². The summed E-state index contributed by atoms with van der Waals surface area (Å²) in [6.07, 6.45) is 3.84. The Balaban J connectivity index is 1.57.